The number of halogens is 2. The van der Waals surface area contributed by atoms with Gasteiger partial charge in [0.2, 0.25) is 0 Å². The minimum absolute atomic E-state index is 0.0718. The molecule has 54 valence electrons. The molecule has 0 aromatic carbocycles. The van der Waals surface area contributed by atoms with Crippen molar-refractivity contribution in [1.29, 1.82) is 0 Å². The van der Waals surface area contributed by atoms with Crippen molar-refractivity contribution in [2.24, 2.45) is 0 Å². The number of allylic oxidation sites excluding steroid dienone is 3. The summed E-state index contributed by atoms with van der Waals surface area (Å²) in [5, 5.41) is 3.63. The molecule has 10 heavy (non-hydrogen) atoms. The van der Waals surface area contributed by atoms with Gasteiger partial charge in [-0.1, -0.05) is 0 Å². The molecule has 3 heteroatoms. The van der Waals surface area contributed by atoms with Gasteiger partial charge in [-0.3, -0.25) is 5.32 Å². The lowest BCUT2D eigenvalue weighted by Gasteiger charge is -1.98. The number of alkyl halides is 2. The van der Waals surface area contributed by atoms with Crippen LogP contribution in [0.2, 0.25) is 0 Å². The first-order valence-corrected chi connectivity index (χ1v) is 2.92. The van der Waals surface area contributed by atoms with E-state index in [1.165, 1.54) is 0 Å². The van der Waals surface area contributed by atoms with Crippen molar-refractivity contribution in [3.63, 3.8) is 0 Å². The van der Waals surface area contributed by atoms with Crippen molar-refractivity contribution < 1.29 is 8.78 Å². The molecular formula is C7H7F2N. The Kier molecular flexibility index (Phi) is 1.74. The number of rotatable bonds is 1. The molecule has 0 bridgehead atoms. The number of hydrogen-bond donors (Lipinski definition) is 0. The van der Waals surface area contributed by atoms with Gasteiger partial charge >= 0.3 is 0 Å². The molecule has 0 aromatic rings. The first-order valence-electron chi connectivity index (χ1n) is 2.92. The summed E-state index contributed by atoms with van der Waals surface area (Å²) in [6.07, 6.45) is -0.170. The van der Waals surface area contributed by atoms with Gasteiger partial charge in [0.15, 0.2) is 0 Å². The lowest BCUT2D eigenvalue weighted by atomic mass is 10.1. The van der Waals surface area contributed by atoms with Gasteiger partial charge in [-0.2, -0.15) is 0 Å². The summed E-state index contributed by atoms with van der Waals surface area (Å²) in [7, 11) is 0. The molecule has 0 fully saturated rings. The highest BCUT2D eigenvalue weighted by Crippen LogP contribution is 2.24. The van der Waals surface area contributed by atoms with Crippen LogP contribution in [-0.4, -0.2) is 6.43 Å². The molecule has 1 heterocycles. The summed E-state index contributed by atoms with van der Waals surface area (Å²) in [6, 6.07) is 0. The van der Waals surface area contributed by atoms with E-state index in [-0.39, 0.29) is 5.57 Å². The maximum Gasteiger partial charge on any atom is 0.266 e. The zero-order valence-corrected chi connectivity index (χ0v) is 5.78. The van der Waals surface area contributed by atoms with Crippen LogP contribution in [0, 0.1) is 6.20 Å². The lowest BCUT2D eigenvalue weighted by Crippen LogP contribution is -1.95. The molecule has 0 atom stereocenters. The number of nitrogens with zero attached hydrogens (tertiary/aromatic N) is 1. The Balaban J connectivity index is 2.83. The summed E-state index contributed by atoms with van der Waals surface area (Å²) in [5.41, 5.74) is 1.11. The third-order valence-corrected chi connectivity index (χ3v) is 1.51. The molecule has 0 saturated carbocycles. The van der Waals surface area contributed by atoms with Crippen LogP contribution in [0.5, 0.6) is 0 Å². The normalized spacial score (nSPS) is 17.9. The van der Waals surface area contributed by atoms with Crippen LogP contribution in [0.4, 0.5) is 8.78 Å². The van der Waals surface area contributed by atoms with E-state index in [9.17, 15) is 8.78 Å². The molecule has 0 aromatic heterocycles. The molecule has 0 N–H and O–H groups in total. The van der Waals surface area contributed by atoms with Gasteiger partial charge in [0.1, 0.15) is 0 Å². The Morgan fingerprint density at radius 1 is 1.40 bits per heavy atom. The van der Waals surface area contributed by atoms with E-state index in [1.54, 1.807) is 13.8 Å². The molecule has 1 aliphatic rings. The summed E-state index contributed by atoms with van der Waals surface area (Å²) in [4.78, 5) is 0. The second-order valence-electron chi connectivity index (χ2n) is 2.15. The highest BCUT2D eigenvalue weighted by Gasteiger charge is 2.20. The highest BCUT2D eigenvalue weighted by atomic mass is 19.3. The average molecular weight is 143 g/mol. The molecule has 0 saturated heterocycles. The molecule has 0 aliphatic carbocycles. The molecule has 1 aliphatic heterocycles. The highest BCUT2D eigenvalue weighted by molar-refractivity contribution is 5.36. The predicted octanol–water partition coefficient (Wildman–Crippen LogP) is 1.85. The van der Waals surface area contributed by atoms with Crippen molar-refractivity contribution in [2.45, 2.75) is 20.3 Å². The van der Waals surface area contributed by atoms with Gasteiger partial charge < -0.3 is 0 Å². The van der Waals surface area contributed by atoms with E-state index in [2.05, 4.69) is 11.5 Å². The van der Waals surface area contributed by atoms with E-state index >= 15 is 0 Å². The maximum atomic E-state index is 12.0. The Bertz CT molecular complexity index is 204. The quantitative estimate of drug-likeness (QED) is 0.531. The Hall–Kier alpha value is -0.860. The Labute approximate surface area is 58.4 Å². The van der Waals surface area contributed by atoms with Crippen molar-refractivity contribution in [3.05, 3.63) is 23.0 Å². The van der Waals surface area contributed by atoms with Crippen LogP contribution < -0.4 is 5.32 Å². The fourth-order valence-electron chi connectivity index (χ4n) is 0.719. The molecule has 0 amide bonds. The van der Waals surface area contributed by atoms with Crippen molar-refractivity contribution >= 4 is 0 Å². The zero-order chi connectivity index (χ0) is 7.72. The van der Waals surface area contributed by atoms with E-state index in [0.717, 1.165) is 0 Å². The molecule has 0 spiro atoms. The summed E-state index contributed by atoms with van der Waals surface area (Å²) in [6.45, 7) is 3.32. The molecular weight excluding hydrogens is 136 g/mol. The second-order valence-corrected chi connectivity index (χ2v) is 2.15. The second kappa shape index (κ2) is 2.40. The van der Waals surface area contributed by atoms with Gasteiger partial charge in [-0.15, -0.1) is 0 Å². The summed E-state index contributed by atoms with van der Waals surface area (Å²) in [5.74, 6) is 0. The van der Waals surface area contributed by atoms with Crippen molar-refractivity contribution in [1.82, 2.24) is 5.32 Å². The largest absolute Gasteiger partial charge is 0.266 e. The SMILES string of the molecule is CC1=C(C)C(C(F)F)=[C][N]1. The minimum atomic E-state index is -2.44. The van der Waals surface area contributed by atoms with Crippen molar-refractivity contribution in [2.75, 3.05) is 0 Å². The van der Waals surface area contributed by atoms with Crippen LogP contribution in [0.1, 0.15) is 13.8 Å². The third kappa shape index (κ3) is 1.03. The summed E-state index contributed by atoms with van der Waals surface area (Å²) >= 11 is 0. The number of hydrogen-bond acceptors (Lipinski definition) is 0. The molecule has 1 nitrogen and oxygen atoms in total. The van der Waals surface area contributed by atoms with E-state index in [4.69, 9.17) is 0 Å². The van der Waals surface area contributed by atoms with Crippen LogP contribution >= 0.6 is 0 Å². The first kappa shape index (κ1) is 7.25. The zero-order valence-electron chi connectivity index (χ0n) is 5.78. The molecule has 0 unspecified atom stereocenters. The van der Waals surface area contributed by atoms with Crippen LogP contribution in [0.25, 0.3) is 0 Å². The van der Waals surface area contributed by atoms with Crippen LogP contribution in [0.3, 0.4) is 0 Å². The Morgan fingerprint density at radius 3 is 2.20 bits per heavy atom. The van der Waals surface area contributed by atoms with Crippen molar-refractivity contribution in [3.8, 4) is 0 Å². The third-order valence-electron chi connectivity index (χ3n) is 1.51. The lowest BCUT2D eigenvalue weighted by molar-refractivity contribution is 0.192. The fraction of sp³-hybridized carbons (Fsp3) is 0.429. The molecule has 1 rings (SSSR count). The van der Waals surface area contributed by atoms with Crippen LogP contribution in [0.15, 0.2) is 16.8 Å². The molecule has 2 radical (unpaired) electrons. The van der Waals surface area contributed by atoms with Crippen LogP contribution in [-0.2, 0) is 0 Å². The van der Waals surface area contributed by atoms with Gasteiger partial charge in [0.25, 0.3) is 6.43 Å². The monoisotopic (exact) mass is 143 g/mol. The smallest absolute Gasteiger partial charge is 0.251 e. The van der Waals surface area contributed by atoms with E-state index < -0.39 is 6.43 Å². The summed E-state index contributed by atoms with van der Waals surface area (Å²) < 4.78 is 23.9. The van der Waals surface area contributed by atoms with Gasteiger partial charge in [0.05, 0.1) is 11.8 Å². The van der Waals surface area contributed by atoms with E-state index in [0.29, 0.717) is 11.3 Å². The van der Waals surface area contributed by atoms with Gasteiger partial charge in [0, 0.05) is 5.70 Å². The van der Waals surface area contributed by atoms with Gasteiger partial charge in [-0.25, -0.2) is 8.78 Å². The first-order chi connectivity index (χ1) is 4.63. The Morgan fingerprint density at radius 2 is 2.00 bits per heavy atom. The standard InChI is InChI=1S/C7H7F2N/c1-4-5(2)10-3-6(4)7(8)9/h7H,1-2H3. The van der Waals surface area contributed by atoms with E-state index in [1.807, 2.05) is 0 Å². The fourth-order valence-corrected chi connectivity index (χ4v) is 0.719. The topological polar surface area (TPSA) is 14.1 Å². The minimum Gasteiger partial charge on any atom is -0.251 e. The maximum absolute atomic E-state index is 12.0. The predicted molar refractivity (Wildman–Crippen MR) is 33.3 cm³/mol. The van der Waals surface area contributed by atoms with Gasteiger partial charge in [-0.05, 0) is 19.4 Å². The average Bonchev–Trinajstić information content (AvgIpc) is 2.14.